The van der Waals surface area contributed by atoms with Gasteiger partial charge in [-0.25, -0.2) is 0 Å². The second-order valence-electron chi connectivity index (χ2n) is 5.80. The van der Waals surface area contributed by atoms with Gasteiger partial charge in [0.1, 0.15) is 0 Å². The average molecular weight is 287 g/mol. The number of nitrogens with zero attached hydrogens (tertiary/aromatic N) is 1. The molecule has 1 unspecified atom stereocenters. The molecule has 1 aromatic carbocycles. The number of likely N-dealkylation sites (tertiary alicyclic amines) is 1. The van der Waals surface area contributed by atoms with Gasteiger partial charge in [-0.15, -0.1) is 0 Å². The second-order valence-corrected chi connectivity index (χ2v) is 5.80. The van der Waals surface area contributed by atoms with Crippen molar-refractivity contribution < 1.29 is 15.0 Å². The zero-order valence-electron chi connectivity index (χ0n) is 12.5. The summed E-state index contributed by atoms with van der Waals surface area (Å²) in [5.41, 5.74) is 1.43. The Morgan fingerprint density at radius 3 is 2.86 bits per heavy atom. The highest BCUT2D eigenvalue weighted by Crippen LogP contribution is 2.23. The quantitative estimate of drug-likeness (QED) is 0.807. The zero-order valence-corrected chi connectivity index (χ0v) is 12.5. The van der Waals surface area contributed by atoms with Crippen molar-refractivity contribution in [2.45, 2.75) is 32.3 Å². The molecular formula is C17H21NO3. The molecule has 112 valence electrons. The summed E-state index contributed by atoms with van der Waals surface area (Å²) in [5.74, 6) is 5.71. The fourth-order valence-electron chi connectivity index (χ4n) is 2.45. The molecule has 2 N–H and O–H groups in total. The Kier molecular flexibility index (Phi) is 4.66. The Morgan fingerprint density at radius 1 is 1.48 bits per heavy atom. The minimum absolute atomic E-state index is 0.0110. The van der Waals surface area contributed by atoms with Crippen LogP contribution < -0.4 is 0 Å². The van der Waals surface area contributed by atoms with Gasteiger partial charge in [0.05, 0.1) is 17.8 Å². The second kappa shape index (κ2) is 6.30. The van der Waals surface area contributed by atoms with Crippen LogP contribution in [0.15, 0.2) is 18.2 Å². The lowest BCUT2D eigenvalue weighted by Gasteiger charge is -2.20. The number of aliphatic hydroxyl groups is 2. The van der Waals surface area contributed by atoms with Gasteiger partial charge in [0, 0.05) is 25.1 Å². The summed E-state index contributed by atoms with van der Waals surface area (Å²) in [6.45, 7) is 4.60. The van der Waals surface area contributed by atoms with E-state index in [9.17, 15) is 9.90 Å². The fraction of sp³-hybridized carbons (Fsp3) is 0.471. The lowest BCUT2D eigenvalue weighted by Crippen LogP contribution is -2.34. The summed E-state index contributed by atoms with van der Waals surface area (Å²) < 4.78 is 0. The van der Waals surface area contributed by atoms with Crippen molar-refractivity contribution >= 4 is 5.91 Å². The van der Waals surface area contributed by atoms with Crippen LogP contribution in [0.4, 0.5) is 0 Å². The van der Waals surface area contributed by atoms with Crippen LogP contribution in [0.5, 0.6) is 0 Å². The molecule has 0 spiro atoms. The SMILES string of the molecule is Cc1ccc(C#CCCO)c(C(=O)N2CCC(C)(O)C2)c1. The molecule has 0 saturated carbocycles. The number of amides is 1. The highest BCUT2D eigenvalue weighted by atomic mass is 16.3. The molecule has 4 heteroatoms. The number of carbonyl (C=O) groups is 1. The van der Waals surface area contributed by atoms with E-state index in [1.54, 1.807) is 11.8 Å². The van der Waals surface area contributed by atoms with Crippen LogP contribution in [0.3, 0.4) is 0 Å². The van der Waals surface area contributed by atoms with Gasteiger partial charge in [-0.2, -0.15) is 0 Å². The van der Waals surface area contributed by atoms with Crippen LogP contribution in [0, 0.1) is 18.8 Å². The summed E-state index contributed by atoms with van der Waals surface area (Å²) in [5, 5.41) is 18.8. The maximum Gasteiger partial charge on any atom is 0.255 e. The molecule has 0 aliphatic carbocycles. The topological polar surface area (TPSA) is 60.8 Å². The minimum atomic E-state index is -0.803. The van der Waals surface area contributed by atoms with Crippen LogP contribution >= 0.6 is 0 Å². The van der Waals surface area contributed by atoms with E-state index in [1.807, 2.05) is 25.1 Å². The molecule has 2 rings (SSSR count). The molecule has 0 radical (unpaired) electrons. The number of rotatable bonds is 2. The third-order valence-electron chi connectivity index (χ3n) is 3.60. The molecule has 1 atom stereocenters. The molecule has 1 aromatic rings. The molecule has 1 saturated heterocycles. The Balaban J connectivity index is 2.28. The third kappa shape index (κ3) is 3.84. The first-order valence-electron chi connectivity index (χ1n) is 7.15. The molecule has 4 nitrogen and oxygen atoms in total. The van der Waals surface area contributed by atoms with E-state index in [-0.39, 0.29) is 12.5 Å². The van der Waals surface area contributed by atoms with Gasteiger partial charge >= 0.3 is 0 Å². The molecule has 21 heavy (non-hydrogen) atoms. The van der Waals surface area contributed by atoms with Crippen LogP contribution in [0.25, 0.3) is 0 Å². The van der Waals surface area contributed by atoms with Crippen molar-refractivity contribution in [2.24, 2.45) is 0 Å². The van der Waals surface area contributed by atoms with Gasteiger partial charge in [0.25, 0.3) is 5.91 Å². The third-order valence-corrected chi connectivity index (χ3v) is 3.60. The molecule has 0 aromatic heterocycles. The largest absolute Gasteiger partial charge is 0.395 e. The van der Waals surface area contributed by atoms with Gasteiger partial charge in [0.2, 0.25) is 0 Å². The van der Waals surface area contributed by atoms with Crippen molar-refractivity contribution in [1.29, 1.82) is 0 Å². The predicted octanol–water partition coefficient (Wildman–Crippen LogP) is 1.33. The highest BCUT2D eigenvalue weighted by Gasteiger charge is 2.34. The normalized spacial score (nSPS) is 21.0. The number of β-amino-alcohol motifs (C(OH)–C–C–N with tert-alkyl or cyclic N) is 1. The number of aliphatic hydroxyl groups excluding tert-OH is 1. The Morgan fingerprint density at radius 2 is 2.24 bits per heavy atom. The predicted molar refractivity (Wildman–Crippen MR) is 80.9 cm³/mol. The van der Waals surface area contributed by atoms with Crippen molar-refractivity contribution in [2.75, 3.05) is 19.7 Å². The monoisotopic (exact) mass is 287 g/mol. The van der Waals surface area contributed by atoms with E-state index >= 15 is 0 Å². The maximum atomic E-state index is 12.6. The van der Waals surface area contributed by atoms with Crippen molar-refractivity contribution in [3.05, 3.63) is 34.9 Å². The molecule has 1 heterocycles. The fourth-order valence-corrected chi connectivity index (χ4v) is 2.45. The van der Waals surface area contributed by atoms with Gasteiger partial charge in [-0.3, -0.25) is 4.79 Å². The lowest BCUT2D eigenvalue weighted by molar-refractivity contribution is 0.0572. The standard InChI is InChI=1S/C17H21NO3/c1-13-6-7-14(5-3-4-10-19)15(11-13)16(20)18-9-8-17(2,21)12-18/h6-7,11,19,21H,4,8-10,12H2,1-2H3. The van der Waals surface area contributed by atoms with Gasteiger partial charge in [-0.1, -0.05) is 23.5 Å². The summed E-state index contributed by atoms with van der Waals surface area (Å²) in [6, 6.07) is 5.58. The van der Waals surface area contributed by atoms with Gasteiger partial charge in [0.15, 0.2) is 0 Å². The Labute approximate surface area is 125 Å². The van der Waals surface area contributed by atoms with Crippen LogP contribution in [-0.4, -0.2) is 46.3 Å². The maximum absolute atomic E-state index is 12.6. The first-order chi connectivity index (χ1) is 9.93. The first-order valence-corrected chi connectivity index (χ1v) is 7.15. The Hall–Kier alpha value is -1.83. The number of hydrogen-bond acceptors (Lipinski definition) is 3. The van der Waals surface area contributed by atoms with Crippen LogP contribution in [-0.2, 0) is 0 Å². The van der Waals surface area contributed by atoms with E-state index in [0.29, 0.717) is 37.1 Å². The summed E-state index contributed by atoms with van der Waals surface area (Å²) in [6.07, 6.45) is 0.982. The summed E-state index contributed by atoms with van der Waals surface area (Å²) in [4.78, 5) is 14.3. The van der Waals surface area contributed by atoms with Crippen LogP contribution in [0.2, 0.25) is 0 Å². The smallest absolute Gasteiger partial charge is 0.255 e. The van der Waals surface area contributed by atoms with E-state index in [1.165, 1.54) is 0 Å². The molecule has 1 amide bonds. The van der Waals surface area contributed by atoms with Crippen molar-refractivity contribution in [3.8, 4) is 11.8 Å². The van der Waals surface area contributed by atoms with E-state index < -0.39 is 5.60 Å². The molecule has 1 fully saturated rings. The Bertz CT molecular complexity index is 596. The molecule has 1 aliphatic rings. The number of hydrogen-bond donors (Lipinski definition) is 2. The molecule has 1 aliphatic heterocycles. The molecular weight excluding hydrogens is 266 g/mol. The number of carbonyl (C=O) groups excluding carboxylic acids is 1. The van der Waals surface area contributed by atoms with Gasteiger partial charge in [-0.05, 0) is 32.4 Å². The zero-order chi connectivity index (χ0) is 15.5. The van der Waals surface area contributed by atoms with Crippen molar-refractivity contribution in [3.63, 3.8) is 0 Å². The number of benzene rings is 1. The van der Waals surface area contributed by atoms with Gasteiger partial charge < -0.3 is 15.1 Å². The highest BCUT2D eigenvalue weighted by molar-refractivity contribution is 5.97. The number of aryl methyl sites for hydroxylation is 1. The average Bonchev–Trinajstić information content (AvgIpc) is 2.80. The molecule has 0 bridgehead atoms. The first kappa shape index (κ1) is 15.6. The van der Waals surface area contributed by atoms with E-state index in [4.69, 9.17) is 5.11 Å². The summed E-state index contributed by atoms with van der Waals surface area (Å²) >= 11 is 0. The van der Waals surface area contributed by atoms with E-state index in [2.05, 4.69) is 11.8 Å². The van der Waals surface area contributed by atoms with E-state index in [0.717, 1.165) is 5.56 Å². The lowest BCUT2D eigenvalue weighted by atomic mass is 10.0. The minimum Gasteiger partial charge on any atom is -0.395 e. The van der Waals surface area contributed by atoms with Crippen molar-refractivity contribution in [1.82, 2.24) is 4.90 Å². The van der Waals surface area contributed by atoms with Crippen LogP contribution in [0.1, 0.15) is 41.3 Å². The summed E-state index contributed by atoms with van der Waals surface area (Å²) in [7, 11) is 0.